The number of carbonyl (C=O) groups is 1. The van der Waals surface area contributed by atoms with Crippen molar-refractivity contribution in [3.8, 4) is 5.69 Å². The second kappa shape index (κ2) is 6.81. The van der Waals surface area contributed by atoms with Gasteiger partial charge in [0, 0.05) is 11.3 Å². The fourth-order valence-electron chi connectivity index (χ4n) is 3.84. The number of benzene rings is 3. The third-order valence-electron chi connectivity index (χ3n) is 5.29. The SMILES string of the molecule is Cc1cccc(-n2c(/C=C3\C(=O)Nc4ccc(C)cc43)nc3ccccc3c2=O)c1. The molecule has 1 aromatic heterocycles. The Morgan fingerprint density at radius 3 is 2.53 bits per heavy atom. The summed E-state index contributed by atoms with van der Waals surface area (Å²) in [6.07, 6.45) is 1.71. The van der Waals surface area contributed by atoms with Gasteiger partial charge >= 0.3 is 0 Å². The molecule has 3 aromatic carbocycles. The minimum absolute atomic E-state index is 0.166. The van der Waals surface area contributed by atoms with Gasteiger partial charge in [0.25, 0.3) is 11.5 Å². The highest BCUT2D eigenvalue weighted by atomic mass is 16.2. The lowest BCUT2D eigenvalue weighted by molar-refractivity contribution is -0.110. The maximum Gasteiger partial charge on any atom is 0.266 e. The quantitative estimate of drug-likeness (QED) is 0.510. The fourth-order valence-corrected chi connectivity index (χ4v) is 3.84. The van der Waals surface area contributed by atoms with Gasteiger partial charge in [-0.15, -0.1) is 0 Å². The average Bonchev–Trinajstić information content (AvgIpc) is 3.03. The largest absolute Gasteiger partial charge is 0.321 e. The van der Waals surface area contributed by atoms with Gasteiger partial charge in [-0.05, 0) is 61.9 Å². The molecule has 1 amide bonds. The van der Waals surface area contributed by atoms with Crippen LogP contribution in [0, 0.1) is 13.8 Å². The van der Waals surface area contributed by atoms with Crippen molar-refractivity contribution in [3.05, 3.63) is 99.6 Å². The lowest BCUT2D eigenvalue weighted by atomic mass is 10.0. The van der Waals surface area contributed by atoms with Crippen LogP contribution in [0.4, 0.5) is 5.69 Å². The van der Waals surface area contributed by atoms with Crippen LogP contribution in [0.2, 0.25) is 0 Å². The second-order valence-electron chi connectivity index (χ2n) is 7.53. The normalized spacial score (nSPS) is 14.2. The number of nitrogens with zero attached hydrogens (tertiary/aromatic N) is 2. The molecule has 0 aliphatic carbocycles. The van der Waals surface area contributed by atoms with Gasteiger partial charge in [-0.1, -0.05) is 35.9 Å². The summed E-state index contributed by atoms with van der Waals surface area (Å²) >= 11 is 0. The molecule has 146 valence electrons. The number of fused-ring (bicyclic) bond motifs is 2. The zero-order valence-corrected chi connectivity index (χ0v) is 16.6. The number of amides is 1. The van der Waals surface area contributed by atoms with Crippen molar-refractivity contribution >= 4 is 34.1 Å². The van der Waals surface area contributed by atoms with Crippen molar-refractivity contribution in [1.82, 2.24) is 9.55 Å². The predicted octanol–water partition coefficient (Wildman–Crippen LogP) is 4.50. The van der Waals surface area contributed by atoms with Gasteiger partial charge in [0.15, 0.2) is 0 Å². The molecular weight excluding hydrogens is 374 g/mol. The molecule has 4 aromatic rings. The minimum atomic E-state index is -0.200. The summed E-state index contributed by atoms with van der Waals surface area (Å²) in [5.41, 5.74) is 5.32. The summed E-state index contributed by atoms with van der Waals surface area (Å²) in [6, 6.07) is 20.8. The van der Waals surface area contributed by atoms with Crippen molar-refractivity contribution in [3.63, 3.8) is 0 Å². The molecule has 2 heterocycles. The van der Waals surface area contributed by atoms with Crippen LogP contribution in [0.5, 0.6) is 0 Å². The Morgan fingerprint density at radius 1 is 0.900 bits per heavy atom. The van der Waals surface area contributed by atoms with Crippen LogP contribution in [-0.4, -0.2) is 15.5 Å². The Hall–Kier alpha value is -3.99. The molecule has 0 unspecified atom stereocenters. The molecule has 0 atom stereocenters. The lowest BCUT2D eigenvalue weighted by Gasteiger charge is -2.12. The maximum absolute atomic E-state index is 13.4. The number of rotatable bonds is 2. The molecule has 5 heteroatoms. The average molecular weight is 393 g/mol. The number of para-hydroxylation sites is 1. The van der Waals surface area contributed by atoms with Crippen LogP contribution < -0.4 is 10.9 Å². The van der Waals surface area contributed by atoms with Gasteiger partial charge in [-0.3, -0.25) is 14.2 Å². The second-order valence-corrected chi connectivity index (χ2v) is 7.53. The molecule has 0 bridgehead atoms. The lowest BCUT2D eigenvalue weighted by Crippen LogP contribution is -2.22. The number of anilines is 1. The van der Waals surface area contributed by atoms with Crippen molar-refractivity contribution < 1.29 is 4.79 Å². The number of aromatic nitrogens is 2. The highest BCUT2D eigenvalue weighted by Crippen LogP contribution is 2.33. The van der Waals surface area contributed by atoms with Gasteiger partial charge in [-0.2, -0.15) is 0 Å². The van der Waals surface area contributed by atoms with E-state index in [0.29, 0.717) is 28.0 Å². The molecule has 0 fully saturated rings. The van der Waals surface area contributed by atoms with Gasteiger partial charge in [0.2, 0.25) is 0 Å². The van der Waals surface area contributed by atoms with Gasteiger partial charge in [0.05, 0.1) is 22.2 Å². The Kier molecular flexibility index (Phi) is 4.10. The molecule has 0 spiro atoms. The Balaban J connectivity index is 1.83. The van der Waals surface area contributed by atoms with Crippen molar-refractivity contribution in [2.75, 3.05) is 5.32 Å². The summed E-state index contributed by atoms with van der Waals surface area (Å²) in [5.74, 6) is 0.220. The van der Waals surface area contributed by atoms with E-state index in [1.54, 1.807) is 16.7 Å². The zero-order valence-electron chi connectivity index (χ0n) is 16.6. The molecule has 5 rings (SSSR count). The molecule has 1 aliphatic rings. The first-order valence-electron chi connectivity index (χ1n) is 9.74. The summed E-state index contributed by atoms with van der Waals surface area (Å²) in [5, 5.41) is 3.43. The number of aryl methyl sites for hydroxylation is 2. The first-order chi connectivity index (χ1) is 14.5. The molecular formula is C25H19N3O2. The van der Waals surface area contributed by atoms with Crippen LogP contribution in [0.3, 0.4) is 0 Å². The molecule has 0 saturated carbocycles. The van der Waals surface area contributed by atoms with Crippen molar-refractivity contribution in [2.45, 2.75) is 13.8 Å². The molecule has 1 N–H and O–H groups in total. The van der Waals surface area contributed by atoms with E-state index in [4.69, 9.17) is 4.98 Å². The zero-order chi connectivity index (χ0) is 20.8. The summed E-state index contributed by atoms with van der Waals surface area (Å²) in [6.45, 7) is 3.96. The summed E-state index contributed by atoms with van der Waals surface area (Å²) in [4.78, 5) is 30.9. The molecule has 1 aliphatic heterocycles. The van der Waals surface area contributed by atoms with E-state index in [1.807, 2.05) is 74.5 Å². The summed E-state index contributed by atoms with van der Waals surface area (Å²) in [7, 11) is 0. The Bertz CT molecular complexity index is 1430. The van der Waals surface area contributed by atoms with Crippen LogP contribution in [0.15, 0.2) is 71.5 Å². The van der Waals surface area contributed by atoms with E-state index in [9.17, 15) is 9.59 Å². The molecule has 5 nitrogen and oxygen atoms in total. The van der Waals surface area contributed by atoms with Crippen molar-refractivity contribution in [1.29, 1.82) is 0 Å². The predicted molar refractivity (Wildman–Crippen MR) is 120 cm³/mol. The van der Waals surface area contributed by atoms with E-state index < -0.39 is 0 Å². The fraction of sp³-hybridized carbons (Fsp3) is 0.0800. The third kappa shape index (κ3) is 2.92. The monoisotopic (exact) mass is 393 g/mol. The number of carbonyl (C=O) groups excluding carboxylic acids is 1. The van der Waals surface area contributed by atoms with Gasteiger partial charge in [-0.25, -0.2) is 4.98 Å². The number of hydrogen-bond donors (Lipinski definition) is 1. The van der Waals surface area contributed by atoms with E-state index in [1.165, 1.54) is 0 Å². The number of nitrogens with one attached hydrogen (secondary N) is 1. The Morgan fingerprint density at radius 2 is 1.70 bits per heavy atom. The van der Waals surface area contributed by atoms with E-state index in [-0.39, 0.29) is 11.5 Å². The third-order valence-corrected chi connectivity index (χ3v) is 5.29. The van der Waals surface area contributed by atoms with Gasteiger partial charge < -0.3 is 5.32 Å². The van der Waals surface area contributed by atoms with E-state index in [2.05, 4.69) is 5.32 Å². The van der Waals surface area contributed by atoms with Crippen LogP contribution in [-0.2, 0) is 4.79 Å². The molecule has 0 radical (unpaired) electrons. The highest BCUT2D eigenvalue weighted by molar-refractivity contribution is 6.34. The first-order valence-corrected chi connectivity index (χ1v) is 9.74. The smallest absolute Gasteiger partial charge is 0.266 e. The summed E-state index contributed by atoms with van der Waals surface area (Å²) < 4.78 is 1.57. The minimum Gasteiger partial charge on any atom is -0.321 e. The van der Waals surface area contributed by atoms with Crippen LogP contribution in [0.1, 0.15) is 22.5 Å². The van der Waals surface area contributed by atoms with E-state index in [0.717, 1.165) is 22.4 Å². The molecule has 30 heavy (non-hydrogen) atoms. The van der Waals surface area contributed by atoms with Gasteiger partial charge in [0.1, 0.15) is 5.82 Å². The molecule has 0 saturated heterocycles. The standard InChI is InChI=1S/C25H19N3O2/c1-15-6-5-7-17(12-15)28-23(26-21-9-4-3-8-18(21)25(28)30)14-20-19-13-16(2)10-11-22(19)27-24(20)29/h3-14H,1-2H3,(H,27,29)/b20-14-. The highest BCUT2D eigenvalue weighted by Gasteiger charge is 2.25. The maximum atomic E-state index is 13.4. The van der Waals surface area contributed by atoms with E-state index >= 15 is 0 Å². The van der Waals surface area contributed by atoms with Crippen LogP contribution in [0.25, 0.3) is 28.2 Å². The van der Waals surface area contributed by atoms with Crippen molar-refractivity contribution in [2.24, 2.45) is 0 Å². The number of hydrogen-bond acceptors (Lipinski definition) is 3. The van der Waals surface area contributed by atoms with Crippen LogP contribution >= 0.6 is 0 Å². The Labute approximate surface area is 173 Å². The first kappa shape index (κ1) is 18.1. The topological polar surface area (TPSA) is 64.0 Å².